The van der Waals surface area contributed by atoms with E-state index in [0.717, 1.165) is 6.92 Å². The first-order valence-electron chi connectivity index (χ1n) is 15.8. The third-order valence-corrected chi connectivity index (χ3v) is 9.28. The van der Waals surface area contributed by atoms with Crippen molar-refractivity contribution in [2.45, 2.75) is 130 Å². The highest BCUT2D eigenvalue weighted by Crippen LogP contribution is 2.35. The first-order chi connectivity index (χ1) is 24.4. The molecule has 52 heavy (non-hydrogen) atoms. The monoisotopic (exact) mass is 787 g/mol. The highest BCUT2D eigenvalue weighted by Gasteiger charge is 2.56. The van der Waals surface area contributed by atoms with Gasteiger partial charge in [-0.1, -0.05) is 0 Å². The number of hydrogen-bond donors (Lipinski definition) is 14. The second-order valence-corrected chi connectivity index (χ2v) is 13.4. The van der Waals surface area contributed by atoms with E-state index in [-0.39, 0.29) is 0 Å². The highest BCUT2D eigenvalue weighted by atomic mass is 32.3. The van der Waals surface area contributed by atoms with Crippen molar-refractivity contribution in [1.29, 1.82) is 0 Å². The molecule has 1 amide bonds. The van der Waals surface area contributed by atoms with Crippen molar-refractivity contribution >= 4 is 16.3 Å². The second kappa shape index (κ2) is 18.0. The van der Waals surface area contributed by atoms with E-state index in [4.69, 9.17) is 33.2 Å². The lowest BCUT2D eigenvalue weighted by molar-refractivity contribution is -0.379. The Morgan fingerprint density at radius 1 is 0.558 bits per heavy atom. The smallest absolute Gasteiger partial charge is 0.394 e. The Labute approximate surface area is 294 Å². The van der Waals surface area contributed by atoms with E-state index < -0.39 is 165 Å². The Balaban J connectivity index is 1.64. The molecular weight excluding hydrogens is 742 g/mol. The molecule has 4 fully saturated rings. The van der Waals surface area contributed by atoms with Gasteiger partial charge in [0.15, 0.2) is 25.2 Å². The molecular formula is C26H45NO24S. The molecule has 4 heterocycles. The van der Waals surface area contributed by atoms with E-state index in [1.54, 1.807) is 0 Å². The first-order valence-corrected chi connectivity index (χ1v) is 17.1. The zero-order chi connectivity index (χ0) is 38.8. The molecule has 25 nitrogen and oxygen atoms in total. The maximum absolute atomic E-state index is 12.4. The maximum Gasteiger partial charge on any atom is 0.397 e. The molecule has 1 unspecified atom stereocenters. The maximum atomic E-state index is 12.4. The van der Waals surface area contributed by atoms with Crippen molar-refractivity contribution in [1.82, 2.24) is 5.32 Å². The summed E-state index contributed by atoms with van der Waals surface area (Å²) in [6.07, 6.45) is -36.4. The quantitative estimate of drug-likeness (QED) is 0.0770. The van der Waals surface area contributed by atoms with Crippen LogP contribution in [0.2, 0.25) is 0 Å². The Morgan fingerprint density at radius 2 is 0.981 bits per heavy atom. The van der Waals surface area contributed by atoms with Crippen molar-refractivity contribution in [2.24, 2.45) is 0 Å². The van der Waals surface area contributed by atoms with Gasteiger partial charge in [-0.25, -0.2) is 4.18 Å². The lowest BCUT2D eigenvalue weighted by Crippen LogP contribution is -2.70. The second-order valence-electron chi connectivity index (χ2n) is 12.4. The van der Waals surface area contributed by atoms with E-state index in [2.05, 4.69) is 9.50 Å². The van der Waals surface area contributed by atoms with Crippen LogP contribution >= 0.6 is 0 Å². The minimum atomic E-state index is -5.33. The average Bonchev–Trinajstić information content (AvgIpc) is 3.08. The summed E-state index contributed by atoms with van der Waals surface area (Å²) in [5.41, 5.74) is 0. The zero-order valence-electron chi connectivity index (χ0n) is 27.1. The van der Waals surface area contributed by atoms with Gasteiger partial charge in [-0.2, -0.15) is 8.42 Å². The minimum Gasteiger partial charge on any atom is -0.394 e. The van der Waals surface area contributed by atoms with E-state index in [0.29, 0.717) is 0 Å². The van der Waals surface area contributed by atoms with Crippen molar-refractivity contribution in [3.05, 3.63) is 0 Å². The molecule has 0 aliphatic carbocycles. The Hall–Kier alpha value is -1.42. The van der Waals surface area contributed by atoms with Gasteiger partial charge in [0, 0.05) is 6.92 Å². The van der Waals surface area contributed by atoms with Crippen LogP contribution in [-0.4, -0.2) is 229 Å². The number of nitrogens with one attached hydrogen (secondary N) is 1. The summed E-state index contributed by atoms with van der Waals surface area (Å²) in [6, 6.07) is -1.75. The molecule has 4 saturated heterocycles. The number of ether oxygens (including phenoxy) is 7. The van der Waals surface area contributed by atoms with Gasteiger partial charge in [-0.05, 0) is 0 Å². The van der Waals surface area contributed by atoms with Gasteiger partial charge in [0.1, 0.15) is 97.6 Å². The van der Waals surface area contributed by atoms with E-state index in [1.165, 1.54) is 0 Å². The van der Waals surface area contributed by atoms with Crippen LogP contribution in [0.4, 0.5) is 0 Å². The van der Waals surface area contributed by atoms with Crippen LogP contribution < -0.4 is 5.32 Å². The molecule has 0 saturated carbocycles. The molecule has 0 aromatic carbocycles. The molecule has 0 aromatic heterocycles. The van der Waals surface area contributed by atoms with Gasteiger partial charge in [0.2, 0.25) is 5.91 Å². The SMILES string of the molecule is CC(=O)N[C@H]1[C@H](O[C@H]2[C@@H](O)[C@@H](CO)O[C@@H](O[C@H]3[C@H](O)[C@@H](O)C(O)O[C@@H]3CO)[C@@H]2O)O[C@H](CO)[C@@H](O)[C@@H]1O[C@@H]1O[C@H](CO)[C@H](O)[C@H](OS(=O)(=O)O)[C@H]1O. The summed E-state index contributed by atoms with van der Waals surface area (Å²) in [6.45, 7) is -2.85. The van der Waals surface area contributed by atoms with Crippen molar-refractivity contribution in [3.63, 3.8) is 0 Å². The predicted molar refractivity (Wildman–Crippen MR) is 156 cm³/mol. The number of carbonyl (C=O) groups excluding carboxylic acids is 1. The fourth-order valence-corrected chi connectivity index (χ4v) is 6.69. The molecule has 0 aromatic rings. The molecule has 0 radical (unpaired) electrons. The van der Waals surface area contributed by atoms with Crippen LogP contribution in [0, 0.1) is 0 Å². The third kappa shape index (κ3) is 9.50. The highest BCUT2D eigenvalue weighted by molar-refractivity contribution is 7.80. The standard InChI is InChI=1S/C26H45NO24S/c1-6(32)27-11-20(49-26-18(39)22(51-52(41,42)43)14(35)9(4-30)47-26)12(33)7(2-28)45-24(11)50-21-13(34)8(3-29)46-25(17(21)38)48-19-10(5-31)44-23(40)16(37)15(19)36/h7-26,28-31,33-40H,2-5H2,1H3,(H,27,32)(H,41,42,43)/t7-,8-,9-,10-,11-,12-,13+,14+,15-,16-,17-,18-,19-,20-,21+,22+,23?,24+,25+,26+/m1/s1. The normalized spacial score (nSPS) is 47.6. The summed E-state index contributed by atoms with van der Waals surface area (Å²) >= 11 is 0. The lowest BCUT2D eigenvalue weighted by atomic mass is 9.94. The van der Waals surface area contributed by atoms with Crippen LogP contribution in [0.1, 0.15) is 6.92 Å². The zero-order valence-corrected chi connectivity index (χ0v) is 27.9. The van der Waals surface area contributed by atoms with Crippen LogP contribution in [0.3, 0.4) is 0 Å². The van der Waals surface area contributed by atoms with Gasteiger partial charge in [-0.15, -0.1) is 0 Å². The first kappa shape index (κ1) is 43.3. The largest absolute Gasteiger partial charge is 0.397 e. The number of amides is 1. The Bertz CT molecular complexity index is 1260. The molecule has 20 atom stereocenters. The fourth-order valence-electron chi connectivity index (χ4n) is 6.18. The van der Waals surface area contributed by atoms with Gasteiger partial charge in [0.25, 0.3) is 0 Å². The van der Waals surface area contributed by atoms with Crippen LogP contribution in [0.25, 0.3) is 0 Å². The topological polar surface area (TPSA) is 400 Å². The lowest BCUT2D eigenvalue weighted by Gasteiger charge is -2.50. The molecule has 26 heteroatoms. The van der Waals surface area contributed by atoms with Crippen molar-refractivity contribution in [3.8, 4) is 0 Å². The van der Waals surface area contributed by atoms with Crippen molar-refractivity contribution in [2.75, 3.05) is 26.4 Å². The van der Waals surface area contributed by atoms with Crippen LogP contribution in [0.5, 0.6) is 0 Å². The van der Waals surface area contributed by atoms with E-state index >= 15 is 0 Å². The average molecular weight is 788 g/mol. The number of aliphatic hydroxyl groups is 12. The molecule has 304 valence electrons. The Kier molecular flexibility index (Phi) is 15.0. The van der Waals surface area contributed by atoms with Crippen molar-refractivity contribution < 1.29 is 116 Å². The van der Waals surface area contributed by atoms with Crippen LogP contribution in [0.15, 0.2) is 0 Å². The number of aliphatic hydroxyl groups excluding tert-OH is 12. The van der Waals surface area contributed by atoms with Gasteiger partial charge in [-0.3, -0.25) is 9.35 Å². The Morgan fingerprint density at radius 3 is 1.46 bits per heavy atom. The minimum absolute atomic E-state index is 0.851. The molecule has 4 rings (SSSR count). The van der Waals surface area contributed by atoms with Gasteiger partial charge < -0.3 is 99.8 Å². The predicted octanol–water partition coefficient (Wildman–Crippen LogP) is -9.78. The number of carbonyl (C=O) groups is 1. The molecule has 0 bridgehead atoms. The summed E-state index contributed by atoms with van der Waals surface area (Å²) in [7, 11) is -5.33. The van der Waals surface area contributed by atoms with E-state index in [9.17, 15) is 79.0 Å². The van der Waals surface area contributed by atoms with E-state index in [1.807, 2.05) is 0 Å². The summed E-state index contributed by atoms with van der Waals surface area (Å²) in [5.74, 6) is -0.851. The number of hydrogen-bond acceptors (Lipinski definition) is 23. The number of rotatable bonds is 13. The summed E-state index contributed by atoms with van der Waals surface area (Å²) in [5, 5.41) is 127. The third-order valence-electron chi connectivity index (χ3n) is 8.81. The summed E-state index contributed by atoms with van der Waals surface area (Å²) < 4.78 is 74.9. The molecule has 14 N–H and O–H groups in total. The molecule has 0 spiro atoms. The summed E-state index contributed by atoms with van der Waals surface area (Å²) in [4.78, 5) is 12.4. The van der Waals surface area contributed by atoms with Gasteiger partial charge in [0.05, 0.1) is 26.4 Å². The van der Waals surface area contributed by atoms with Gasteiger partial charge >= 0.3 is 10.4 Å². The fraction of sp³-hybridized carbons (Fsp3) is 0.962. The molecule has 4 aliphatic rings. The van der Waals surface area contributed by atoms with Crippen LogP contribution in [-0.2, 0) is 52.5 Å². The molecule has 4 aliphatic heterocycles.